The highest BCUT2D eigenvalue weighted by atomic mass is 32.2. The SMILES string of the molecule is C[C@H]1CCC=C[C@@H]2C[C@@]2(C(=O)NS(=O)(=O)C2CC2)NC(=O)[C@@H]2C[C@@H](Oc3nccc4c5c(ccc34)OCCO5)CN2C(=O)[C@@H](NC(=O)O)[C@H](C)C1. The zero-order valence-electron chi connectivity index (χ0n) is 28.5. The van der Waals surface area contributed by atoms with Crippen LogP contribution in [-0.4, -0.2) is 96.0 Å². The third-order valence-corrected chi connectivity index (χ3v) is 12.4. The lowest BCUT2D eigenvalue weighted by molar-refractivity contribution is -0.142. The Kier molecular flexibility index (Phi) is 9.23. The molecular formula is C35H43N5O10S. The van der Waals surface area contributed by atoms with E-state index in [4.69, 9.17) is 14.2 Å². The van der Waals surface area contributed by atoms with Crippen LogP contribution in [0.3, 0.4) is 0 Å². The number of aromatic nitrogens is 1. The van der Waals surface area contributed by atoms with E-state index in [1.165, 1.54) is 4.90 Å². The summed E-state index contributed by atoms with van der Waals surface area (Å²) in [5.74, 6) is -1.40. The molecular weight excluding hydrogens is 682 g/mol. The normalized spacial score (nSPS) is 31.0. The van der Waals surface area contributed by atoms with Crippen LogP contribution in [0, 0.1) is 17.8 Å². The van der Waals surface area contributed by atoms with Gasteiger partial charge in [-0.2, -0.15) is 0 Å². The van der Waals surface area contributed by atoms with Crippen molar-refractivity contribution in [1.29, 1.82) is 0 Å². The van der Waals surface area contributed by atoms with Crippen molar-refractivity contribution in [3.05, 3.63) is 36.5 Å². The Morgan fingerprint density at radius 3 is 2.63 bits per heavy atom. The molecule has 1 aromatic carbocycles. The molecule has 0 unspecified atom stereocenters. The first kappa shape index (κ1) is 34.8. The highest BCUT2D eigenvalue weighted by molar-refractivity contribution is 7.91. The van der Waals surface area contributed by atoms with Gasteiger partial charge >= 0.3 is 6.09 Å². The van der Waals surface area contributed by atoms with E-state index in [1.807, 2.05) is 26.0 Å². The molecule has 5 aliphatic rings. The van der Waals surface area contributed by atoms with E-state index in [9.17, 15) is 32.7 Å². The maximum absolute atomic E-state index is 14.4. The standard InChI is InChI=1S/C35H43N5O10S/c1-19-5-3-4-6-21-17-35(21,33(43)39-51(46,47)23-7-8-23)38-30(41)26-16-22(18-40(26)32(42)28(20(2)15-19)37-34(44)45)50-31-25-9-10-27-29(49-14-13-48-27)24(25)11-12-36-31/h4,6,9-12,19-23,26,28,37H,3,5,7-8,13-18H2,1-2H3,(H,38,41)(H,39,43)(H,44,45)/t19-,20+,21+,22+,26-,28-,35+/m0/s1. The Morgan fingerprint density at radius 2 is 1.86 bits per heavy atom. The first-order valence-corrected chi connectivity index (χ1v) is 19.1. The molecule has 0 bridgehead atoms. The van der Waals surface area contributed by atoms with Crippen molar-refractivity contribution < 1.29 is 46.9 Å². The van der Waals surface area contributed by atoms with Crippen molar-refractivity contribution in [2.45, 2.75) is 87.8 Å². The second-order valence-corrected chi connectivity index (χ2v) is 16.4. The number of sulfonamides is 1. The van der Waals surface area contributed by atoms with Gasteiger partial charge in [0.2, 0.25) is 27.7 Å². The van der Waals surface area contributed by atoms with Gasteiger partial charge in [-0.05, 0) is 68.6 Å². The largest absolute Gasteiger partial charge is 0.486 e. The number of carbonyl (C=O) groups excluding carboxylic acids is 3. The number of allylic oxidation sites excluding steroid dienone is 1. The number of benzene rings is 1. The zero-order chi connectivity index (χ0) is 36.1. The van der Waals surface area contributed by atoms with Gasteiger partial charge in [-0.15, -0.1) is 0 Å². The maximum Gasteiger partial charge on any atom is 0.405 e. The Morgan fingerprint density at radius 1 is 1.08 bits per heavy atom. The number of hydrogen-bond donors (Lipinski definition) is 4. The van der Waals surface area contributed by atoms with E-state index in [1.54, 1.807) is 24.4 Å². The molecule has 15 nitrogen and oxygen atoms in total. The summed E-state index contributed by atoms with van der Waals surface area (Å²) >= 11 is 0. The summed E-state index contributed by atoms with van der Waals surface area (Å²) in [6.45, 7) is 4.57. The van der Waals surface area contributed by atoms with Crippen LogP contribution in [0.15, 0.2) is 36.5 Å². The van der Waals surface area contributed by atoms with Crippen LogP contribution >= 0.6 is 0 Å². The summed E-state index contributed by atoms with van der Waals surface area (Å²) in [5, 5.41) is 15.7. The molecule has 1 aromatic heterocycles. The van der Waals surface area contributed by atoms with E-state index < -0.39 is 74.7 Å². The van der Waals surface area contributed by atoms with Crippen LogP contribution in [0.2, 0.25) is 0 Å². The number of ether oxygens (including phenoxy) is 3. The zero-order valence-corrected chi connectivity index (χ0v) is 29.3. The number of carbonyl (C=O) groups is 4. The number of pyridine rings is 1. The number of hydrogen-bond acceptors (Lipinski definition) is 10. The van der Waals surface area contributed by atoms with Crippen molar-refractivity contribution in [1.82, 2.24) is 25.2 Å². The van der Waals surface area contributed by atoms with Gasteiger partial charge in [-0.3, -0.25) is 19.1 Å². The fourth-order valence-electron chi connectivity index (χ4n) is 7.62. The lowest BCUT2D eigenvalue weighted by Gasteiger charge is -2.32. The fraction of sp³-hybridized carbons (Fsp3) is 0.571. The van der Waals surface area contributed by atoms with E-state index in [-0.39, 0.29) is 31.2 Å². The van der Waals surface area contributed by atoms with Gasteiger partial charge in [0.05, 0.1) is 11.8 Å². The Balaban J connectivity index is 1.21. The average Bonchev–Trinajstić information content (AvgIpc) is 4.02. The predicted molar refractivity (Wildman–Crippen MR) is 183 cm³/mol. The smallest absolute Gasteiger partial charge is 0.405 e. The van der Waals surface area contributed by atoms with E-state index in [0.29, 0.717) is 55.8 Å². The van der Waals surface area contributed by atoms with Crippen molar-refractivity contribution in [2.24, 2.45) is 17.8 Å². The molecule has 3 aliphatic heterocycles. The molecule has 0 radical (unpaired) electrons. The van der Waals surface area contributed by atoms with Gasteiger partial charge in [0.1, 0.15) is 36.9 Å². The maximum atomic E-state index is 14.4. The van der Waals surface area contributed by atoms with Crippen LogP contribution < -0.4 is 29.6 Å². The summed E-state index contributed by atoms with van der Waals surface area (Å²) in [7, 11) is -3.90. The summed E-state index contributed by atoms with van der Waals surface area (Å²) in [6.07, 6.45) is 6.27. The third-order valence-electron chi connectivity index (χ3n) is 10.6. The van der Waals surface area contributed by atoms with E-state index >= 15 is 0 Å². The highest BCUT2D eigenvalue weighted by Gasteiger charge is 2.62. The Labute approximate surface area is 295 Å². The minimum atomic E-state index is -3.90. The number of carboxylic acid groups (broad SMARTS) is 1. The Hall–Kier alpha value is -4.60. The molecule has 2 aliphatic carbocycles. The summed E-state index contributed by atoms with van der Waals surface area (Å²) in [4.78, 5) is 60.0. The van der Waals surface area contributed by atoms with Gasteiger partial charge in [0.25, 0.3) is 5.91 Å². The summed E-state index contributed by atoms with van der Waals surface area (Å²) < 4.78 is 45.8. The molecule has 2 saturated carbocycles. The average molecular weight is 726 g/mol. The highest BCUT2D eigenvalue weighted by Crippen LogP contribution is 2.46. The first-order valence-electron chi connectivity index (χ1n) is 17.5. The van der Waals surface area contributed by atoms with Crippen LogP contribution in [0.25, 0.3) is 10.8 Å². The van der Waals surface area contributed by atoms with Crippen molar-refractivity contribution in [3.63, 3.8) is 0 Å². The fourth-order valence-corrected chi connectivity index (χ4v) is 8.98. The van der Waals surface area contributed by atoms with Crippen molar-refractivity contribution >= 4 is 44.6 Å². The van der Waals surface area contributed by atoms with Crippen molar-refractivity contribution in [2.75, 3.05) is 19.8 Å². The number of fused-ring (bicyclic) bond motifs is 5. The molecule has 0 spiro atoms. The van der Waals surface area contributed by atoms with Crippen LogP contribution in [-0.2, 0) is 24.4 Å². The van der Waals surface area contributed by atoms with Gasteiger partial charge < -0.3 is 34.9 Å². The van der Waals surface area contributed by atoms with Gasteiger partial charge in [-0.25, -0.2) is 18.2 Å². The quantitative estimate of drug-likeness (QED) is 0.319. The van der Waals surface area contributed by atoms with Crippen LogP contribution in [0.1, 0.15) is 58.8 Å². The molecule has 51 heavy (non-hydrogen) atoms. The molecule has 3 fully saturated rings. The van der Waals surface area contributed by atoms with E-state index in [0.717, 1.165) is 11.8 Å². The van der Waals surface area contributed by atoms with Crippen LogP contribution in [0.5, 0.6) is 17.4 Å². The molecule has 4 amide bonds. The molecule has 16 heteroatoms. The second kappa shape index (κ2) is 13.5. The third kappa shape index (κ3) is 7.02. The topological polar surface area (TPSA) is 203 Å². The first-order chi connectivity index (χ1) is 24.4. The number of rotatable bonds is 6. The summed E-state index contributed by atoms with van der Waals surface area (Å²) in [6, 6.07) is 3.02. The lowest BCUT2D eigenvalue weighted by Crippen LogP contribution is -2.59. The predicted octanol–water partition coefficient (Wildman–Crippen LogP) is 2.49. The Bertz CT molecular complexity index is 1880. The second-order valence-electron chi connectivity index (χ2n) is 14.5. The monoisotopic (exact) mass is 725 g/mol. The molecule has 4 heterocycles. The number of nitrogens with zero attached hydrogens (tertiary/aromatic N) is 2. The van der Waals surface area contributed by atoms with Gasteiger partial charge in [-0.1, -0.05) is 26.0 Å². The lowest BCUT2D eigenvalue weighted by atomic mass is 9.88. The van der Waals surface area contributed by atoms with E-state index in [2.05, 4.69) is 20.3 Å². The van der Waals surface area contributed by atoms with Gasteiger partial charge in [0.15, 0.2) is 11.5 Å². The molecule has 2 aromatic rings. The molecule has 274 valence electrons. The van der Waals surface area contributed by atoms with Crippen LogP contribution in [0.4, 0.5) is 4.79 Å². The molecule has 1 saturated heterocycles. The minimum Gasteiger partial charge on any atom is -0.486 e. The number of amides is 4. The number of nitrogens with one attached hydrogen (secondary N) is 3. The molecule has 7 rings (SSSR count). The minimum absolute atomic E-state index is 0.00332. The summed E-state index contributed by atoms with van der Waals surface area (Å²) in [5.41, 5.74) is -1.53. The van der Waals surface area contributed by atoms with Gasteiger partial charge in [0, 0.05) is 29.3 Å². The molecule has 7 atom stereocenters. The molecule has 4 N–H and O–H groups in total. The van der Waals surface area contributed by atoms with Crippen molar-refractivity contribution in [3.8, 4) is 17.4 Å².